The van der Waals surface area contributed by atoms with Gasteiger partial charge in [0, 0.05) is 11.6 Å². The van der Waals surface area contributed by atoms with Gasteiger partial charge in [0.05, 0.1) is 0 Å². The van der Waals surface area contributed by atoms with E-state index in [0.29, 0.717) is 17.5 Å². The molecule has 0 heterocycles. The lowest BCUT2D eigenvalue weighted by molar-refractivity contribution is -0.132. The van der Waals surface area contributed by atoms with Crippen molar-refractivity contribution in [2.45, 2.75) is 38.6 Å². The second-order valence-electron chi connectivity index (χ2n) is 4.06. The molecule has 0 aromatic carbocycles. The Labute approximate surface area is 85.2 Å². The van der Waals surface area contributed by atoms with Gasteiger partial charge in [-0.25, -0.2) is 4.79 Å². The van der Waals surface area contributed by atoms with Crippen LogP contribution in [0.4, 0.5) is 0 Å². The molecule has 0 radical (unpaired) electrons. The summed E-state index contributed by atoms with van der Waals surface area (Å²) in [6.45, 7) is 1.67. The standard InChI is InChI=1S/C11H19NO2/c1-8(11(13)14)7-9-3-5-10(12-2)6-4-9/h7,9-10,12H,3-6H2,1-2H3,(H,13,14). The summed E-state index contributed by atoms with van der Waals surface area (Å²) >= 11 is 0. The van der Waals surface area contributed by atoms with E-state index < -0.39 is 5.97 Å². The Kier molecular flexibility index (Phi) is 4.14. The molecule has 80 valence electrons. The van der Waals surface area contributed by atoms with Crippen molar-refractivity contribution in [1.82, 2.24) is 5.32 Å². The predicted molar refractivity (Wildman–Crippen MR) is 56.2 cm³/mol. The maximum Gasteiger partial charge on any atom is 0.330 e. The molecule has 14 heavy (non-hydrogen) atoms. The van der Waals surface area contributed by atoms with Gasteiger partial charge in [-0.3, -0.25) is 0 Å². The summed E-state index contributed by atoms with van der Waals surface area (Å²) in [6.07, 6.45) is 6.44. The molecular weight excluding hydrogens is 178 g/mol. The molecular formula is C11H19NO2. The molecule has 1 saturated carbocycles. The number of hydrogen-bond donors (Lipinski definition) is 2. The molecule has 1 fully saturated rings. The lowest BCUT2D eigenvalue weighted by atomic mass is 9.85. The van der Waals surface area contributed by atoms with Gasteiger partial charge in [-0.05, 0) is 45.6 Å². The van der Waals surface area contributed by atoms with Gasteiger partial charge in [-0.15, -0.1) is 0 Å². The number of aliphatic carboxylic acids is 1. The van der Waals surface area contributed by atoms with Crippen LogP contribution in [0.25, 0.3) is 0 Å². The average Bonchev–Trinajstić information content (AvgIpc) is 2.19. The van der Waals surface area contributed by atoms with E-state index in [1.165, 1.54) is 0 Å². The number of allylic oxidation sites excluding steroid dienone is 1. The average molecular weight is 197 g/mol. The maximum atomic E-state index is 10.6. The maximum absolute atomic E-state index is 10.6. The molecule has 1 rings (SSSR count). The largest absolute Gasteiger partial charge is 0.478 e. The first kappa shape index (κ1) is 11.2. The van der Waals surface area contributed by atoms with Crippen molar-refractivity contribution in [2.75, 3.05) is 7.05 Å². The molecule has 0 atom stereocenters. The van der Waals surface area contributed by atoms with Crippen LogP contribution in [-0.4, -0.2) is 24.2 Å². The second-order valence-corrected chi connectivity index (χ2v) is 4.06. The summed E-state index contributed by atoms with van der Waals surface area (Å²) in [6, 6.07) is 0.629. The molecule has 0 aromatic rings. The monoisotopic (exact) mass is 197 g/mol. The minimum Gasteiger partial charge on any atom is -0.478 e. The van der Waals surface area contributed by atoms with Crippen molar-refractivity contribution >= 4 is 5.97 Å². The fourth-order valence-electron chi connectivity index (χ4n) is 2.00. The Hall–Kier alpha value is -0.830. The van der Waals surface area contributed by atoms with Crippen molar-refractivity contribution in [3.63, 3.8) is 0 Å². The first-order valence-electron chi connectivity index (χ1n) is 5.22. The fraction of sp³-hybridized carbons (Fsp3) is 0.727. The molecule has 0 amide bonds. The molecule has 3 nitrogen and oxygen atoms in total. The molecule has 0 spiro atoms. The van der Waals surface area contributed by atoms with E-state index in [0.717, 1.165) is 25.7 Å². The Balaban J connectivity index is 2.42. The highest BCUT2D eigenvalue weighted by atomic mass is 16.4. The Bertz CT molecular complexity index is 227. The minimum atomic E-state index is -0.791. The van der Waals surface area contributed by atoms with Crippen molar-refractivity contribution in [3.8, 4) is 0 Å². The Morgan fingerprint density at radius 1 is 1.36 bits per heavy atom. The van der Waals surface area contributed by atoms with Crippen LogP contribution in [0, 0.1) is 5.92 Å². The summed E-state index contributed by atoms with van der Waals surface area (Å²) in [5.74, 6) is -0.323. The number of carboxylic acids is 1. The van der Waals surface area contributed by atoms with Crippen LogP contribution in [0.3, 0.4) is 0 Å². The molecule has 0 saturated heterocycles. The molecule has 2 N–H and O–H groups in total. The summed E-state index contributed by atoms with van der Waals surface area (Å²) in [5.41, 5.74) is 0.484. The van der Waals surface area contributed by atoms with E-state index in [-0.39, 0.29) is 0 Å². The fourth-order valence-corrected chi connectivity index (χ4v) is 2.00. The minimum absolute atomic E-state index is 0.468. The zero-order valence-corrected chi connectivity index (χ0v) is 8.92. The first-order chi connectivity index (χ1) is 6.63. The SMILES string of the molecule is CNC1CCC(C=C(C)C(=O)O)CC1. The van der Waals surface area contributed by atoms with Gasteiger partial charge in [0.2, 0.25) is 0 Å². The number of carbonyl (C=O) groups is 1. The number of rotatable bonds is 3. The van der Waals surface area contributed by atoms with Crippen LogP contribution < -0.4 is 5.32 Å². The molecule has 1 aliphatic carbocycles. The van der Waals surface area contributed by atoms with Gasteiger partial charge in [0.1, 0.15) is 0 Å². The Morgan fingerprint density at radius 2 is 1.93 bits per heavy atom. The summed E-state index contributed by atoms with van der Waals surface area (Å²) < 4.78 is 0. The number of hydrogen-bond acceptors (Lipinski definition) is 2. The van der Waals surface area contributed by atoms with Crippen molar-refractivity contribution in [3.05, 3.63) is 11.6 Å². The van der Waals surface area contributed by atoms with Crippen LogP contribution in [0.1, 0.15) is 32.6 Å². The molecule has 0 unspecified atom stereocenters. The highest BCUT2D eigenvalue weighted by molar-refractivity contribution is 5.85. The van der Waals surface area contributed by atoms with E-state index in [1.54, 1.807) is 6.92 Å². The molecule has 0 aromatic heterocycles. The van der Waals surface area contributed by atoms with Gasteiger partial charge >= 0.3 is 5.97 Å². The van der Waals surface area contributed by atoms with E-state index in [4.69, 9.17) is 5.11 Å². The van der Waals surface area contributed by atoms with Crippen molar-refractivity contribution < 1.29 is 9.90 Å². The zero-order valence-electron chi connectivity index (χ0n) is 8.92. The van der Waals surface area contributed by atoms with E-state index >= 15 is 0 Å². The van der Waals surface area contributed by atoms with Crippen LogP contribution >= 0.6 is 0 Å². The normalized spacial score (nSPS) is 28.9. The van der Waals surface area contributed by atoms with E-state index in [1.807, 2.05) is 13.1 Å². The number of carboxylic acid groups (broad SMARTS) is 1. The van der Waals surface area contributed by atoms with E-state index in [2.05, 4.69) is 5.32 Å². The third-order valence-electron chi connectivity index (χ3n) is 3.00. The lowest BCUT2D eigenvalue weighted by Crippen LogP contribution is -2.29. The molecule has 3 heteroatoms. The molecule has 0 aliphatic heterocycles. The van der Waals surface area contributed by atoms with Gasteiger partial charge in [0.25, 0.3) is 0 Å². The van der Waals surface area contributed by atoms with Crippen LogP contribution in [0.2, 0.25) is 0 Å². The van der Waals surface area contributed by atoms with Crippen LogP contribution in [0.5, 0.6) is 0 Å². The predicted octanol–water partition coefficient (Wildman–Crippen LogP) is 1.80. The quantitative estimate of drug-likeness (QED) is 0.678. The lowest BCUT2D eigenvalue weighted by Gasteiger charge is -2.26. The van der Waals surface area contributed by atoms with Gasteiger partial charge < -0.3 is 10.4 Å². The number of nitrogens with one attached hydrogen (secondary N) is 1. The van der Waals surface area contributed by atoms with Crippen LogP contribution in [0.15, 0.2) is 11.6 Å². The third-order valence-corrected chi connectivity index (χ3v) is 3.00. The smallest absolute Gasteiger partial charge is 0.330 e. The zero-order chi connectivity index (χ0) is 10.6. The van der Waals surface area contributed by atoms with E-state index in [9.17, 15) is 4.79 Å². The second kappa shape index (κ2) is 5.15. The molecule has 1 aliphatic rings. The summed E-state index contributed by atoms with van der Waals surface area (Å²) in [7, 11) is 1.99. The van der Waals surface area contributed by atoms with Crippen LogP contribution in [-0.2, 0) is 4.79 Å². The molecule has 0 bridgehead atoms. The Morgan fingerprint density at radius 3 is 2.36 bits per heavy atom. The van der Waals surface area contributed by atoms with Gasteiger partial charge in [-0.2, -0.15) is 0 Å². The summed E-state index contributed by atoms with van der Waals surface area (Å²) in [5, 5.41) is 12.0. The van der Waals surface area contributed by atoms with Crippen molar-refractivity contribution in [2.24, 2.45) is 5.92 Å². The van der Waals surface area contributed by atoms with Gasteiger partial charge in [0.15, 0.2) is 0 Å². The summed E-state index contributed by atoms with van der Waals surface area (Å²) in [4.78, 5) is 10.6. The topological polar surface area (TPSA) is 49.3 Å². The third kappa shape index (κ3) is 3.14. The highest BCUT2D eigenvalue weighted by Gasteiger charge is 2.18. The highest BCUT2D eigenvalue weighted by Crippen LogP contribution is 2.25. The van der Waals surface area contributed by atoms with Crippen molar-refractivity contribution in [1.29, 1.82) is 0 Å². The first-order valence-corrected chi connectivity index (χ1v) is 5.22. The van der Waals surface area contributed by atoms with Gasteiger partial charge in [-0.1, -0.05) is 6.08 Å².